The average molecular weight is 519 g/mol. The van der Waals surface area contributed by atoms with E-state index in [0.717, 1.165) is 25.7 Å². The van der Waals surface area contributed by atoms with Gasteiger partial charge in [-0.2, -0.15) is 0 Å². The van der Waals surface area contributed by atoms with Crippen LogP contribution in [0.5, 0.6) is 5.75 Å². The molecule has 0 spiro atoms. The summed E-state index contributed by atoms with van der Waals surface area (Å²) < 4.78 is 43.2. The summed E-state index contributed by atoms with van der Waals surface area (Å²) in [6.45, 7) is 1.64. The van der Waals surface area contributed by atoms with Crippen molar-refractivity contribution in [3.8, 4) is 5.75 Å². The second kappa shape index (κ2) is 11.9. The number of carbonyl (C=O) groups excluding carboxylic acids is 3. The molecule has 1 aliphatic rings. The SMILES string of the molecule is COC(=O)c1cc(NS(=O)(=O)c2ccc(O[C@@H](C)C(=O)NC3CCCCC3)cc2)cc(C(=O)OC)c1. The van der Waals surface area contributed by atoms with E-state index >= 15 is 0 Å². The molecule has 1 aliphatic carbocycles. The van der Waals surface area contributed by atoms with Crippen LogP contribution in [0.15, 0.2) is 47.4 Å². The molecular formula is C25H30N2O8S. The minimum Gasteiger partial charge on any atom is -0.481 e. The highest BCUT2D eigenvalue weighted by atomic mass is 32.2. The lowest BCUT2D eigenvalue weighted by Gasteiger charge is -2.24. The van der Waals surface area contributed by atoms with Gasteiger partial charge in [-0.3, -0.25) is 9.52 Å². The van der Waals surface area contributed by atoms with E-state index in [0.29, 0.717) is 5.75 Å². The molecule has 0 heterocycles. The second-order valence-corrected chi connectivity index (χ2v) is 10.1. The molecule has 11 heteroatoms. The van der Waals surface area contributed by atoms with Gasteiger partial charge in [0.2, 0.25) is 0 Å². The van der Waals surface area contributed by atoms with Crippen LogP contribution in [0.1, 0.15) is 59.7 Å². The largest absolute Gasteiger partial charge is 0.481 e. The van der Waals surface area contributed by atoms with Crippen LogP contribution >= 0.6 is 0 Å². The summed E-state index contributed by atoms with van der Waals surface area (Å²) in [5.41, 5.74) is -0.0729. The fraction of sp³-hybridized carbons (Fsp3) is 0.400. The Labute approximate surface area is 210 Å². The highest BCUT2D eigenvalue weighted by molar-refractivity contribution is 7.92. The van der Waals surface area contributed by atoms with Gasteiger partial charge in [0, 0.05) is 6.04 Å². The fourth-order valence-electron chi connectivity index (χ4n) is 3.89. The molecule has 36 heavy (non-hydrogen) atoms. The van der Waals surface area contributed by atoms with Crippen molar-refractivity contribution in [3.05, 3.63) is 53.6 Å². The second-order valence-electron chi connectivity index (χ2n) is 8.46. The molecule has 3 rings (SSSR count). The first-order valence-corrected chi connectivity index (χ1v) is 13.0. The van der Waals surface area contributed by atoms with Gasteiger partial charge in [-0.1, -0.05) is 19.3 Å². The summed E-state index contributed by atoms with van der Waals surface area (Å²) in [4.78, 5) is 36.3. The number of hydrogen-bond acceptors (Lipinski definition) is 8. The maximum Gasteiger partial charge on any atom is 0.337 e. The standard InChI is InChI=1S/C25H30N2O8S/c1-16(23(28)26-19-7-5-4-6-8-19)35-21-9-11-22(12-10-21)36(31,32)27-20-14-17(24(29)33-2)13-18(15-20)25(30)34-3/h9-16,19,27H,4-8H2,1-3H3,(H,26,28)/t16-/m0/s1. The van der Waals surface area contributed by atoms with Gasteiger partial charge in [0.25, 0.3) is 15.9 Å². The molecule has 1 saturated carbocycles. The number of benzene rings is 2. The van der Waals surface area contributed by atoms with Gasteiger partial charge in [-0.15, -0.1) is 0 Å². The van der Waals surface area contributed by atoms with Gasteiger partial charge < -0.3 is 19.5 Å². The Morgan fingerprint density at radius 2 is 1.44 bits per heavy atom. The van der Waals surface area contributed by atoms with Crippen molar-refractivity contribution in [1.82, 2.24) is 5.32 Å². The average Bonchev–Trinajstić information content (AvgIpc) is 2.88. The smallest absolute Gasteiger partial charge is 0.337 e. The van der Waals surface area contributed by atoms with Crippen LogP contribution in [0.2, 0.25) is 0 Å². The third-order valence-electron chi connectivity index (χ3n) is 5.80. The highest BCUT2D eigenvalue weighted by Crippen LogP contribution is 2.23. The van der Waals surface area contributed by atoms with E-state index in [-0.39, 0.29) is 33.7 Å². The molecule has 1 amide bonds. The van der Waals surface area contributed by atoms with Crippen LogP contribution < -0.4 is 14.8 Å². The van der Waals surface area contributed by atoms with Gasteiger partial charge in [0.15, 0.2) is 6.10 Å². The van der Waals surface area contributed by atoms with E-state index < -0.39 is 28.1 Å². The predicted molar refractivity (Wildman–Crippen MR) is 131 cm³/mol. The summed E-state index contributed by atoms with van der Waals surface area (Å²) in [6, 6.07) is 9.46. The first-order chi connectivity index (χ1) is 17.1. The van der Waals surface area contributed by atoms with Crippen molar-refractivity contribution in [2.75, 3.05) is 18.9 Å². The Kier molecular flexibility index (Phi) is 8.92. The van der Waals surface area contributed by atoms with E-state index in [1.807, 2.05) is 0 Å². The molecule has 194 valence electrons. The monoisotopic (exact) mass is 518 g/mol. The van der Waals surface area contributed by atoms with Crippen molar-refractivity contribution in [2.45, 2.75) is 56.1 Å². The van der Waals surface area contributed by atoms with E-state index in [2.05, 4.69) is 19.5 Å². The summed E-state index contributed by atoms with van der Waals surface area (Å²) in [5.74, 6) is -1.37. The van der Waals surface area contributed by atoms with Gasteiger partial charge in [0.05, 0.1) is 35.9 Å². The Morgan fingerprint density at radius 1 is 0.889 bits per heavy atom. The number of esters is 2. The van der Waals surface area contributed by atoms with Crippen molar-refractivity contribution in [3.63, 3.8) is 0 Å². The Morgan fingerprint density at radius 3 is 1.97 bits per heavy atom. The zero-order valence-electron chi connectivity index (χ0n) is 20.4. The normalized spacial score (nSPS) is 14.9. The number of methoxy groups -OCH3 is 2. The van der Waals surface area contributed by atoms with Crippen LogP contribution in [0.25, 0.3) is 0 Å². The Bertz CT molecular complexity index is 1170. The van der Waals surface area contributed by atoms with Crippen LogP contribution in [-0.4, -0.2) is 52.6 Å². The zero-order chi connectivity index (χ0) is 26.3. The highest BCUT2D eigenvalue weighted by Gasteiger charge is 2.22. The molecule has 2 aromatic carbocycles. The van der Waals surface area contributed by atoms with Crippen LogP contribution in [0.4, 0.5) is 5.69 Å². The zero-order valence-corrected chi connectivity index (χ0v) is 21.2. The lowest BCUT2D eigenvalue weighted by atomic mass is 9.95. The third kappa shape index (κ3) is 6.97. The van der Waals surface area contributed by atoms with E-state index in [1.54, 1.807) is 6.92 Å². The summed E-state index contributed by atoms with van der Waals surface area (Å²) >= 11 is 0. The topological polar surface area (TPSA) is 137 Å². The Balaban J connectivity index is 1.70. The van der Waals surface area contributed by atoms with Crippen LogP contribution in [0.3, 0.4) is 0 Å². The summed E-state index contributed by atoms with van der Waals surface area (Å²) in [6.07, 6.45) is 4.56. The minimum absolute atomic E-state index is 0.0216. The molecule has 1 atom stereocenters. The number of carbonyl (C=O) groups is 3. The van der Waals surface area contributed by atoms with Crippen molar-refractivity contribution < 1.29 is 37.0 Å². The first kappa shape index (κ1) is 27.0. The molecule has 10 nitrogen and oxygen atoms in total. The maximum absolute atomic E-state index is 12.9. The van der Waals surface area contributed by atoms with Crippen LogP contribution in [-0.2, 0) is 24.3 Å². The number of anilines is 1. The minimum atomic E-state index is -4.08. The molecule has 0 unspecified atom stereocenters. The molecular weight excluding hydrogens is 488 g/mol. The molecule has 2 N–H and O–H groups in total. The molecule has 0 bridgehead atoms. The lowest BCUT2D eigenvalue weighted by molar-refractivity contribution is -0.128. The summed E-state index contributed by atoms with van der Waals surface area (Å²) in [7, 11) is -1.75. The quantitative estimate of drug-likeness (QED) is 0.483. The number of rotatable bonds is 9. The van der Waals surface area contributed by atoms with Gasteiger partial charge in [-0.25, -0.2) is 18.0 Å². The third-order valence-corrected chi connectivity index (χ3v) is 7.19. The number of ether oxygens (including phenoxy) is 3. The molecule has 0 radical (unpaired) electrons. The molecule has 0 aliphatic heterocycles. The molecule has 0 aromatic heterocycles. The van der Waals surface area contributed by atoms with E-state index in [4.69, 9.17) is 4.74 Å². The lowest BCUT2D eigenvalue weighted by Crippen LogP contribution is -2.43. The van der Waals surface area contributed by atoms with Gasteiger partial charge in [0.1, 0.15) is 5.75 Å². The molecule has 0 saturated heterocycles. The fourth-order valence-corrected chi connectivity index (χ4v) is 4.93. The first-order valence-electron chi connectivity index (χ1n) is 11.5. The van der Waals surface area contributed by atoms with Gasteiger partial charge >= 0.3 is 11.9 Å². The maximum atomic E-state index is 12.9. The van der Waals surface area contributed by atoms with Crippen molar-refractivity contribution in [1.29, 1.82) is 0 Å². The van der Waals surface area contributed by atoms with Gasteiger partial charge in [-0.05, 0) is 62.2 Å². The predicted octanol–water partition coefficient (Wildman–Crippen LogP) is 3.28. The van der Waals surface area contributed by atoms with Crippen LogP contribution in [0, 0.1) is 0 Å². The Hall–Kier alpha value is -3.60. The number of amides is 1. The molecule has 2 aromatic rings. The van der Waals surface area contributed by atoms with E-state index in [9.17, 15) is 22.8 Å². The number of hydrogen-bond donors (Lipinski definition) is 2. The number of nitrogens with one attached hydrogen (secondary N) is 2. The molecule has 1 fully saturated rings. The summed E-state index contributed by atoms with van der Waals surface area (Å²) in [5, 5.41) is 3.00. The van der Waals surface area contributed by atoms with E-state index in [1.165, 1.54) is 63.1 Å². The van der Waals surface area contributed by atoms with Crippen molar-refractivity contribution in [2.24, 2.45) is 0 Å². The van der Waals surface area contributed by atoms with Crippen molar-refractivity contribution >= 4 is 33.6 Å². The number of sulfonamides is 1.